The third-order valence-electron chi connectivity index (χ3n) is 12.5. The normalized spacial score (nSPS) is 11.8. The van der Waals surface area contributed by atoms with Gasteiger partial charge in [-0.1, -0.05) is 170 Å². The van der Waals surface area contributed by atoms with Crippen LogP contribution in [0.15, 0.2) is 218 Å². The molecule has 0 amide bonds. The van der Waals surface area contributed by atoms with Crippen molar-refractivity contribution in [1.82, 2.24) is 29.1 Å². The van der Waals surface area contributed by atoms with Crippen LogP contribution in [0.4, 0.5) is 0 Å². The summed E-state index contributed by atoms with van der Waals surface area (Å²) in [4.78, 5) is 21.9. The maximum Gasteiger partial charge on any atom is 0.165 e. The van der Waals surface area contributed by atoms with E-state index in [1.165, 1.54) is 0 Å². The van der Waals surface area contributed by atoms with Crippen molar-refractivity contribution >= 4 is 65.7 Å². The van der Waals surface area contributed by atoms with E-state index in [1.54, 1.807) is 0 Å². The van der Waals surface area contributed by atoms with Gasteiger partial charge in [0.05, 0.1) is 44.1 Å². The molecule has 64 heavy (non-hydrogen) atoms. The molecule has 4 aromatic heterocycles. The Morgan fingerprint density at radius 2 is 0.594 bits per heavy atom. The van der Waals surface area contributed by atoms with E-state index >= 15 is 0 Å². The molecule has 6 heteroatoms. The molecule has 13 aromatic rings. The van der Waals surface area contributed by atoms with E-state index in [4.69, 9.17) is 19.9 Å². The van der Waals surface area contributed by atoms with E-state index in [0.717, 1.165) is 122 Å². The largest absolute Gasteiger partial charge is 0.292 e. The molecule has 0 saturated heterocycles. The van der Waals surface area contributed by atoms with Gasteiger partial charge in [0.1, 0.15) is 11.4 Å². The first-order valence-corrected chi connectivity index (χ1v) is 21.6. The Kier molecular flexibility index (Phi) is 8.11. The van der Waals surface area contributed by atoms with E-state index in [1.807, 2.05) is 24.3 Å². The van der Waals surface area contributed by atoms with Crippen molar-refractivity contribution in [2.45, 2.75) is 0 Å². The topological polar surface area (TPSA) is 61.4 Å². The first-order valence-electron chi connectivity index (χ1n) is 21.6. The average molecular weight is 817 g/mol. The SMILES string of the molecule is c1ccc(-c2ccc3nc(-c4ccccc4)c(-n4c5ccccc5c5cc6c(cc54)c4ccccc4n6-c4nc5cc(-c6ccccc6)ccc5nc4-c4ccccc4)nc3c2)cc1. The quantitative estimate of drug-likeness (QED) is 0.168. The van der Waals surface area contributed by atoms with Crippen molar-refractivity contribution in [3.05, 3.63) is 218 Å². The number of rotatable bonds is 6. The smallest absolute Gasteiger partial charge is 0.165 e. The Hall–Kier alpha value is -8.74. The van der Waals surface area contributed by atoms with Crippen molar-refractivity contribution in [2.24, 2.45) is 0 Å². The number of fused-ring (bicyclic) bond motifs is 8. The minimum absolute atomic E-state index is 0.777. The van der Waals surface area contributed by atoms with Gasteiger partial charge in [-0.2, -0.15) is 0 Å². The van der Waals surface area contributed by atoms with Gasteiger partial charge in [0.15, 0.2) is 11.6 Å². The predicted molar refractivity (Wildman–Crippen MR) is 263 cm³/mol. The molecule has 0 N–H and O–H groups in total. The highest BCUT2D eigenvalue weighted by Gasteiger charge is 2.24. The lowest BCUT2D eigenvalue weighted by Gasteiger charge is -2.15. The Morgan fingerprint density at radius 3 is 1.00 bits per heavy atom. The fraction of sp³-hybridized carbons (Fsp3) is 0. The molecule has 0 aliphatic rings. The second kappa shape index (κ2) is 14.4. The van der Waals surface area contributed by atoms with Crippen LogP contribution in [-0.2, 0) is 0 Å². The van der Waals surface area contributed by atoms with Crippen molar-refractivity contribution in [3.63, 3.8) is 0 Å². The van der Waals surface area contributed by atoms with Gasteiger partial charge in [0.25, 0.3) is 0 Å². The summed E-state index contributed by atoms with van der Waals surface area (Å²) in [5.74, 6) is 1.55. The summed E-state index contributed by atoms with van der Waals surface area (Å²) < 4.78 is 4.63. The van der Waals surface area contributed by atoms with Gasteiger partial charge in [-0.25, -0.2) is 19.9 Å². The highest BCUT2D eigenvalue weighted by molar-refractivity contribution is 6.19. The second-order valence-electron chi connectivity index (χ2n) is 16.3. The minimum atomic E-state index is 0.777. The molecular weight excluding hydrogens is 781 g/mol. The van der Waals surface area contributed by atoms with Crippen LogP contribution in [0.3, 0.4) is 0 Å². The lowest BCUT2D eigenvalue weighted by atomic mass is 10.0. The molecule has 0 bridgehead atoms. The zero-order valence-electron chi connectivity index (χ0n) is 34.5. The number of hydrogen-bond donors (Lipinski definition) is 0. The molecule has 6 nitrogen and oxygen atoms in total. The minimum Gasteiger partial charge on any atom is -0.292 e. The molecule has 0 radical (unpaired) electrons. The zero-order chi connectivity index (χ0) is 42.1. The van der Waals surface area contributed by atoms with Crippen LogP contribution in [0, 0.1) is 0 Å². The van der Waals surface area contributed by atoms with Crippen molar-refractivity contribution in [1.29, 1.82) is 0 Å². The van der Waals surface area contributed by atoms with Gasteiger partial charge < -0.3 is 0 Å². The molecule has 13 rings (SSSR count). The fourth-order valence-corrected chi connectivity index (χ4v) is 9.49. The van der Waals surface area contributed by atoms with Gasteiger partial charge in [-0.3, -0.25) is 9.13 Å². The lowest BCUT2D eigenvalue weighted by Crippen LogP contribution is -2.04. The Morgan fingerprint density at radius 1 is 0.234 bits per heavy atom. The van der Waals surface area contributed by atoms with Crippen LogP contribution in [0.2, 0.25) is 0 Å². The third kappa shape index (κ3) is 5.73. The van der Waals surface area contributed by atoms with Crippen molar-refractivity contribution in [3.8, 4) is 56.4 Å². The monoisotopic (exact) mass is 816 g/mol. The first-order chi connectivity index (χ1) is 31.7. The van der Waals surface area contributed by atoms with Gasteiger partial charge >= 0.3 is 0 Å². The fourth-order valence-electron chi connectivity index (χ4n) is 9.49. The highest BCUT2D eigenvalue weighted by Crippen LogP contribution is 2.42. The summed E-state index contributed by atoms with van der Waals surface area (Å²) in [5, 5.41) is 4.45. The molecule has 0 fully saturated rings. The van der Waals surface area contributed by atoms with Crippen LogP contribution < -0.4 is 0 Å². The van der Waals surface area contributed by atoms with E-state index in [9.17, 15) is 0 Å². The summed E-state index contributed by atoms with van der Waals surface area (Å²) in [6.45, 7) is 0. The summed E-state index contributed by atoms with van der Waals surface area (Å²) in [6.07, 6.45) is 0. The molecular formula is C58H36N6. The third-order valence-corrected chi connectivity index (χ3v) is 12.5. The molecule has 0 unspecified atom stereocenters. The number of para-hydroxylation sites is 2. The number of benzene rings is 9. The molecule has 0 spiro atoms. The van der Waals surface area contributed by atoms with Crippen LogP contribution in [-0.4, -0.2) is 29.1 Å². The van der Waals surface area contributed by atoms with E-state index in [2.05, 4.69) is 203 Å². The molecule has 9 aromatic carbocycles. The maximum absolute atomic E-state index is 5.56. The number of aromatic nitrogens is 6. The Labute approximate surface area is 368 Å². The van der Waals surface area contributed by atoms with Crippen molar-refractivity contribution < 1.29 is 0 Å². The van der Waals surface area contributed by atoms with Gasteiger partial charge in [-0.05, 0) is 70.8 Å². The lowest BCUT2D eigenvalue weighted by molar-refractivity contribution is 1.08. The summed E-state index contributed by atoms with van der Waals surface area (Å²) in [5.41, 5.74) is 15.6. The predicted octanol–water partition coefficient (Wildman–Crippen LogP) is 14.4. The Bertz CT molecular complexity index is 3670. The molecule has 0 aliphatic carbocycles. The van der Waals surface area contributed by atoms with Crippen LogP contribution >= 0.6 is 0 Å². The Balaban J connectivity index is 1.11. The van der Waals surface area contributed by atoms with Crippen LogP contribution in [0.5, 0.6) is 0 Å². The van der Waals surface area contributed by atoms with Crippen molar-refractivity contribution in [2.75, 3.05) is 0 Å². The maximum atomic E-state index is 5.56. The van der Waals surface area contributed by atoms with Gasteiger partial charge in [0, 0.05) is 32.7 Å². The number of hydrogen-bond acceptors (Lipinski definition) is 4. The van der Waals surface area contributed by atoms with Gasteiger partial charge in [0.2, 0.25) is 0 Å². The highest BCUT2D eigenvalue weighted by atomic mass is 15.1. The van der Waals surface area contributed by atoms with Crippen LogP contribution in [0.25, 0.3) is 122 Å². The van der Waals surface area contributed by atoms with Gasteiger partial charge in [-0.15, -0.1) is 0 Å². The first kappa shape index (κ1) is 36.0. The number of nitrogens with zero attached hydrogens (tertiary/aromatic N) is 6. The molecule has 0 atom stereocenters. The summed E-state index contributed by atoms with van der Waals surface area (Å²) >= 11 is 0. The molecule has 298 valence electrons. The molecule has 4 heterocycles. The van der Waals surface area contributed by atoms with E-state index in [-0.39, 0.29) is 0 Å². The second-order valence-corrected chi connectivity index (χ2v) is 16.3. The van der Waals surface area contributed by atoms with Crippen LogP contribution in [0.1, 0.15) is 0 Å². The van der Waals surface area contributed by atoms with E-state index in [0.29, 0.717) is 0 Å². The summed E-state index contributed by atoms with van der Waals surface area (Å²) in [7, 11) is 0. The standard InChI is InChI=1S/C58H36N6/c1-5-17-37(18-6-1)41-29-31-47-49(33-41)61-57(55(59-47)39-21-9-3-10-22-39)63-51-27-15-13-25-43(51)45-36-54-46(35-53(45)63)44-26-14-16-28-52(44)64(54)58-56(40-23-11-4-12-24-40)60-48-32-30-42(34-50(48)62-58)38-19-7-2-8-20-38/h1-36H. The average Bonchev–Trinajstić information content (AvgIpc) is 3.87. The molecule has 0 aliphatic heterocycles. The zero-order valence-corrected chi connectivity index (χ0v) is 34.5. The summed E-state index contributed by atoms with van der Waals surface area (Å²) in [6, 6.07) is 76.5. The van der Waals surface area contributed by atoms with E-state index < -0.39 is 0 Å². The molecule has 0 saturated carbocycles.